The van der Waals surface area contributed by atoms with Gasteiger partial charge in [0.25, 0.3) is 0 Å². The molecule has 1 aromatic heterocycles. The molecule has 0 aliphatic heterocycles. The maximum Gasteiger partial charge on any atom is 0.234 e. The number of halogens is 1. The molecule has 0 bridgehead atoms. The van der Waals surface area contributed by atoms with Crippen molar-refractivity contribution >= 4 is 21.7 Å². The molecule has 4 nitrogen and oxygen atoms in total. The zero-order valence-corrected chi connectivity index (χ0v) is 11.4. The van der Waals surface area contributed by atoms with Gasteiger partial charge in [0.2, 0.25) is 5.88 Å². The van der Waals surface area contributed by atoms with Gasteiger partial charge in [0.15, 0.2) is 5.82 Å². The molecule has 0 amide bonds. The van der Waals surface area contributed by atoms with E-state index in [9.17, 15) is 0 Å². The molecule has 0 spiro atoms. The van der Waals surface area contributed by atoms with Gasteiger partial charge in [0.05, 0.1) is 19.0 Å². The van der Waals surface area contributed by atoms with Crippen molar-refractivity contribution in [3.63, 3.8) is 0 Å². The summed E-state index contributed by atoms with van der Waals surface area (Å²) in [6.45, 7) is 6.69. The molecule has 0 saturated carbocycles. The highest BCUT2D eigenvalue weighted by atomic mass is 79.9. The van der Waals surface area contributed by atoms with Crippen molar-refractivity contribution in [1.29, 1.82) is 0 Å². The van der Waals surface area contributed by atoms with Gasteiger partial charge in [0.1, 0.15) is 0 Å². The Labute approximate surface area is 105 Å². The van der Waals surface area contributed by atoms with Crippen LogP contribution in [0.25, 0.3) is 0 Å². The zero-order chi connectivity index (χ0) is 11.8. The van der Waals surface area contributed by atoms with Crippen LogP contribution in [0.1, 0.15) is 20.3 Å². The topological polar surface area (TPSA) is 38.2 Å². The summed E-state index contributed by atoms with van der Waals surface area (Å²) < 4.78 is 5.46. The fourth-order valence-electron chi connectivity index (χ4n) is 1.30. The van der Waals surface area contributed by atoms with Crippen LogP contribution < -0.4 is 9.64 Å². The first-order valence-electron chi connectivity index (χ1n) is 5.57. The Hall–Kier alpha value is -0.840. The van der Waals surface area contributed by atoms with Crippen molar-refractivity contribution in [3.8, 4) is 5.88 Å². The van der Waals surface area contributed by atoms with E-state index in [0.717, 1.165) is 30.7 Å². The molecule has 1 heterocycles. The highest BCUT2D eigenvalue weighted by Gasteiger charge is 2.06. The van der Waals surface area contributed by atoms with Gasteiger partial charge >= 0.3 is 0 Å². The van der Waals surface area contributed by atoms with E-state index < -0.39 is 0 Å². The molecule has 0 saturated heterocycles. The maximum absolute atomic E-state index is 5.46. The normalized spacial score (nSPS) is 10.2. The summed E-state index contributed by atoms with van der Waals surface area (Å²) in [6, 6.07) is 0. The van der Waals surface area contributed by atoms with Crippen LogP contribution in [-0.4, -0.2) is 35.0 Å². The first-order valence-corrected chi connectivity index (χ1v) is 6.69. The Bertz CT molecular complexity index is 309. The standard InChI is InChI=1S/C11H18BrN3O/c1-3-7-16-11-9-13-8-10(14-11)15(4-2)6-5-12/h8-9H,3-7H2,1-2H3. The molecular formula is C11H18BrN3O. The van der Waals surface area contributed by atoms with Gasteiger partial charge in [-0.25, -0.2) is 0 Å². The smallest absolute Gasteiger partial charge is 0.234 e. The lowest BCUT2D eigenvalue weighted by atomic mass is 10.5. The number of aromatic nitrogens is 2. The summed E-state index contributed by atoms with van der Waals surface area (Å²) in [6.07, 6.45) is 4.40. The lowest BCUT2D eigenvalue weighted by molar-refractivity contribution is 0.304. The molecule has 16 heavy (non-hydrogen) atoms. The summed E-state index contributed by atoms with van der Waals surface area (Å²) in [7, 11) is 0. The Balaban J connectivity index is 2.71. The summed E-state index contributed by atoms with van der Waals surface area (Å²) in [5.74, 6) is 1.47. The second kappa shape index (κ2) is 7.44. The van der Waals surface area contributed by atoms with Crippen molar-refractivity contribution < 1.29 is 4.74 Å². The summed E-state index contributed by atoms with van der Waals surface area (Å²) in [5, 5.41) is 0.919. The summed E-state index contributed by atoms with van der Waals surface area (Å²) in [4.78, 5) is 10.7. The van der Waals surface area contributed by atoms with Gasteiger partial charge in [-0.05, 0) is 13.3 Å². The van der Waals surface area contributed by atoms with Gasteiger partial charge in [-0.15, -0.1) is 0 Å². The third kappa shape index (κ3) is 3.96. The quantitative estimate of drug-likeness (QED) is 0.722. The summed E-state index contributed by atoms with van der Waals surface area (Å²) in [5.41, 5.74) is 0. The third-order valence-electron chi connectivity index (χ3n) is 2.11. The fraction of sp³-hybridized carbons (Fsp3) is 0.636. The molecular weight excluding hydrogens is 270 g/mol. The number of hydrogen-bond donors (Lipinski definition) is 0. The predicted octanol–water partition coefficient (Wildman–Crippen LogP) is 2.49. The second-order valence-electron chi connectivity index (χ2n) is 3.33. The third-order valence-corrected chi connectivity index (χ3v) is 2.47. The minimum atomic E-state index is 0.604. The van der Waals surface area contributed by atoms with E-state index in [0.29, 0.717) is 12.5 Å². The molecule has 0 aromatic carbocycles. The van der Waals surface area contributed by atoms with E-state index in [1.165, 1.54) is 0 Å². The van der Waals surface area contributed by atoms with Crippen molar-refractivity contribution in [2.75, 3.05) is 29.9 Å². The SMILES string of the molecule is CCCOc1cncc(N(CC)CCBr)n1. The first-order chi connectivity index (χ1) is 7.81. The van der Waals surface area contributed by atoms with Crippen LogP contribution in [0.15, 0.2) is 12.4 Å². The van der Waals surface area contributed by atoms with Crippen molar-refractivity contribution in [2.45, 2.75) is 20.3 Å². The van der Waals surface area contributed by atoms with Crippen LogP contribution >= 0.6 is 15.9 Å². The summed E-state index contributed by atoms with van der Waals surface area (Å²) >= 11 is 3.43. The van der Waals surface area contributed by atoms with Crippen molar-refractivity contribution in [2.24, 2.45) is 0 Å². The van der Waals surface area contributed by atoms with Crippen LogP contribution in [0.5, 0.6) is 5.88 Å². The molecule has 1 aromatic rings. The zero-order valence-electron chi connectivity index (χ0n) is 9.82. The number of ether oxygens (including phenoxy) is 1. The lowest BCUT2D eigenvalue weighted by Gasteiger charge is -2.20. The molecule has 0 aliphatic rings. The Morgan fingerprint density at radius 1 is 1.38 bits per heavy atom. The molecule has 5 heteroatoms. The Kier molecular flexibility index (Phi) is 6.15. The van der Waals surface area contributed by atoms with Crippen LogP contribution in [0, 0.1) is 0 Å². The van der Waals surface area contributed by atoms with E-state index in [4.69, 9.17) is 4.74 Å². The molecule has 0 unspecified atom stereocenters. The molecule has 90 valence electrons. The number of hydrogen-bond acceptors (Lipinski definition) is 4. The van der Waals surface area contributed by atoms with Crippen LogP contribution in [-0.2, 0) is 0 Å². The van der Waals surface area contributed by atoms with Gasteiger partial charge in [-0.2, -0.15) is 4.98 Å². The first kappa shape index (κ1) is 13.2. The second-order valence-corrected chi connectivity index (χ2v) is 4.13. The highest BCUT2D eigenvalue weighted by Crippen LogP contribution is 2.14. The largest absolute Gasteiger partial charge is 0.477 e. The van der Waals surface area contributed by atoms with Gasteiger partial charge in [-0.1, -0.05) is 22.9 Å². The maximum atomic E-state index is 5.46. The molecule has 0 fully saturated rings. The predicted molar refractivity (Wildman–Crippen MR) is 69.5 cm³/mol. The van der Waals surface area contributed by atoms with Crippen LogP contribution in [0.2, 0.25) is 0 Å². The number of anilines is 1. The van der Waals surface area contributed by atoms with Crippen LogP contribution in [0.4, 0.5) is 5.82 Å². The van der Waals surface area contributed by atoms with Gasteiger partial charge in [0, 0.05) is 18.4 Å². The highest BCUT2D eigenvalue weighted by molar-refractivity contribution is 9.09. The molecule has 0 aliphatic carbocycles. The minimum absolute atomic E-state index is 0.604. The van der Waals surface area contributed by atoms with Crippen LogP contribution in [0.3, 0.4) is 0 Å². The molecule has 0 atom stereocenters. The Morgan fingerprint density at radius 2 is 2.19 bits per heavy atom. The van der Waals surface area contributed by atoms with E-state index in [2.05, 4.69) is 44.6 Å². The minimum Gasteiger partial charge on any atom is -0.477 e. The fourth-order valence-corrected chi connectivity index (χ4v) is 1.73. The lowest BCUT2D eigenvalue weighted by Crippen LogP contribution is -2.26. The average Bonchev–Trinajstić information content (AvgIpc) is 2.33. The Morgan fingerprint density at radius 3 is 2.81 bits per heavy atom. The van der Waals surface area contributed by atoms with E-state index in [1.807, 2.05) is 0 Å². The number of nitrogens with zero attached hydrogens (tertiary/aromatic N) is 3. The molecule has 0 radical (unpaired) electrons. The monoisotopic (exact) mass is 287 g/mol. The van der Waals surface area contributed by atoms with E-state index >= 15 is 0 Å². The van der Waals surface area contributed by atoms with Crippen molar-refractivity contribution in [1.82, 2.24) is 9.97 Å². The van der Waals surface area contributed by atoms with E-state index in [1.54, 1.807) is 12.4 Å². The number of rotatable bonds is 7. The van der Waals surface area contributed by atoms with Gasteiger partial charge < -0.3 is 9.64 Å². The molecule has 0 N–H and O–H groups in total. The van der Waals surface area contributed by atoms with Crippen molar-refractivity contribution in [3.05, 3.63) is 12.4 Å². The molecule has 1 rings (SSSR count). The average molecular weight is 288 g/mol. The van der Waals surface area contributed by atoms with Gasteiger partial charge in [-0.3, -0.25) is 4.98 Å². The van der Waals surface area contributed by atoms with E-state index in [-0.39, 0.29) is 0 Å². The number of alkyl halides is 1.